The van der Waals surface area contributed by atoms with Gasteiger partial charge in [-0.05, 0) is 56.6 Å². The third kappa shape index (κ3) is 7.00. The van der Waals surface area contributed by atoms with E-state index in [2.05, 4.69) is 182 Å². The van der Waals surface area contributed by atoms with Crippen molar-refractivity contribution in [3.8, 4) is 89.8 Å². The quantitative estimate of drug-likeness (QED) is 0.151. The molecule has 6 nitrogen and oxygen atoms in total. The number of rotatable bonds is 8. The molecule has 0 bridgehead atoms. The highest BCUT2D eigenvalue weighted by Crippen LogP contribution is 2.40. The van der Waals surface area contributed by atoms with Gasteiger partial charge in [0.15, 0.2) is 11.6 Å². The van der Waals surface area contributed by atoms with Gasteiger partial charge in [-0.1, -0.05) is 218 Å². The van der Waals surface area contributed by atoms with Crippen molar-refractivity contribution in [3.05, 3.63) is 231 Å². The number of nitrogens with zero attached hydrogens (tertiary/aromatic N) is 4. The fourth-order valence-corrected chi connectivity index (χ4v) is 9.30. The van der Waals surface area contributed by atoms with Crippen LogP contribution in [0.5, 0.6) is 0 Å². The van der Waals surface area contributed by atoms with Crippen LogP contribution in [0.15, 0.2) is 239 Å². The molecule has 13 aromatic rings. The molecule has 0 amide bonds. The average molecular weight is 871 g/mol. The van der Waals surface area contributed by atoms with Gasteiger partial charge in [0.2, 0.25) is 11.4 Å². The molecule has 0 aliphatic rings. The third-order valence-electron chi connectivity index (χ3n) is 12.8. The monoisotopic (exact) mass is 870 g/mol. The van der Waals surface area contributed by atoms with E-state index in [1.54, 1.807) is 0 Å². The lowest BCUT2D eigenvalue weighted by Gasteiger charge is -2.10. The fourth-order valence-electron chi connectivity index (χ4n) is 9.30. The first-order chi connectivity index (χ1) is 33.7. The molecule has 0 fully saturated rings. The summed E-state index contributed by atoms with van der Waals surface area (Å²) in [5.41, 5.74) is 17.3. The van der Waals surface area contributed by atoms with Crippen molar-refractivity contribution in [2.24, 2.45) is 0 Å². The van der Waals surface area contributed by atoms with Crippen LogP contribution in [0, 0.1) is 0 Å². The number of hydrogen-bond acceptors (Lipinski definition) is 6. The van der Waals surface area contributed by atoms with Crippen molar-refractivity contribution in [2.75, 3.05) is 0 Å². The van der Waals surface area contributed by atoms with Gasteiger partial charge < -0.3 is 8.83 Å². The summed E-state index contributed by atoms with van der Waals surface area (Å²) in [6.45, 7) is 0. The second-order valence-corrected chi connectivity index (χ2v) is 17.0. The number of aromatic nitrogens is 4. The highest BCUT2D eigenvalue weighted by molar-refractivity contribution is 6.11. The molecular formula is C62H38N4O2. The van der Waals surface area contributed by atoms with E-state index in [1.165, 1.54) is 11.1 Å². The molecule has 0 unspecified atom stereocenters. The van der Waals surface area contributed by atoms with Gasteiger partial charge in [-0.25, -0.2) is 9.97 Å². The second kappa shape index (κ2) is 16.3. The van der Waals surface area contributed by atoms with Crippen molar-refractivity contribution < 1.29 is 8.83 Å². The summed E-state index contributed by atoms with van der Waals surface area (Å²) in [6, 6.07) is 79.7. The first kappa shape index (κ1) is 39.1. The zero-order chi connectivity index (χ0) is 45.0. The third-order valence-corrected chi connectivity index (χ3v) is 12.8. The summed E-state index contributed by atoms with van der Waals surface area (Å²) >= 11 is 0. The van der Waals surface area contributed by atoms with Crippen molar-refractivity contribution in [1.29, 1.82) is 0 Å². The molecule has 0 saturated heterocycles. The fraction of sp³-hybridized carbons (Fsp3) is 0. The van der Waals surface area contributed by atoms with Gasteiger partial charge in [0.05, 0.1) is 22.2 Å². The van der Waals surface area contributed by atoms with E-state index in [9.17, 15) is 0 Å². The number of hydrogen-bond donors (Lipinski definition) is 0. The Morgan fingerprint density at radius 1 is 0.221 bits per heavy atom. The summed E-state index contributed by atoms with van der Waals surface area (Å²) in [4.78, 5) is 20.3. The molecule has 68 heavy (non-hydrogen) atoms. The molecule has 9 aromatic carbocycles. The SMILES string of the molecule is c1ccc(-c2ccc(-c3nc(-c4ccc(-c5ccc(-c6ccc(-c7nc(-c8ccc(-c9ccccc9)cc8)nc8oc9ccccc9c78)cc6)cc5)cc4)c4c(n3)oc3ccccc34)cc2)cc1. The molecule has 0 N–H and O–H groups in total. The van der Waals surface area contributed by atoms with Gasteiger partial charge >= 0.3 is 0 Å². The molecule has 0 atom stereocenters. The Morgan fingerprint density at radius 2 is 0.485 bits per heavy atom. The minimum Gasteiger partial charge on any atom is -0.438 e. The van der Waals surface area contributed by atoms with Crippen molar-refractivity contribution in [2.45, 2.75) is 0 Å². The van der Waals surface area contributed by atoms with Gasteiger partial charge in [-0.2, -0.15) is 9.97 Å². The lowest BCUT2D eigenvalue weighted by Crippen LogP contribution is -1.94. The number of fused-ring (bicyclic) bond motifs is 6. The second-order valence-electron chi connectivity index (χ2n) is 17.0. The van der Waals surface area contributed by atoms with Gasteiger partial charge in [0.25, 0.3) is 0 Å². The van der Waals surface area contributed by atoms with Gasteiger partial charge in [-0.15, -0.1) is 0 Å². The van der Waals surface area contributed by atoms with Gasteiger partial charge in [-0.3, -0.25) is 0 Å². The first-order valence-electron chi connectivity index (χ1n) is 22.7. The van der Waals surface area contributed by atoms with Crippen LogP contribution in [0.25, 0.3) is 134 Å². The smallest absolute Gasteiger partial charge is 0.231 e. The highest BCUT2D eigenvalue weighted by Gasteiger charge is 2.20. The molecule has 0 radical (unpaired) electrons. The molecule has 13 rings (SSSR count). The summed E-state index contributed by atoms with van der Waals surface area (Å²) in [5.74, 6) is 1.24. The van der Waals surface area contributed by atoms with E-state index < -0.39 is 0 Å². The summed E-state index contributed by atoms with van der Waals surface area (Å²) in [7, 11) is 0. The van der Waals surface area contributed by atoms with Crippen LogP contribution in [0.4, 0.5) is 0 Å². The summed E-state index contributed by atoms with van der Waals surface area (Å²) < 4.78 is 12.7. The zero-order valence-corrected chi connectivity index (χ0v) is 36.5. The Bertz CT molecular complexity index is 3690. The Kier molecular flexibility index (Phi) is 9.39. The van der Waals surface area contributed by atoms with Crippen molar-refractivity contribution >= 4 is 44.1 Å². The first-order valence-corrected chi connectivity index (χ1v) is 22.7. The standard InChI is InChI=1S/C62H38N4O2/c1-3-11-39(12-4-1)41-27-35-49(36-28-41)59-63-57(55-51-15-7-9-17-53(51)67-61(55)65-59)47-31-23-45(24-32-47)43-19-21-44(22-20-43)46-25-33-48(34-26-46)58-56-52-16-8-10-18-54(52)68-62(56)66-60(64-58)50-37-29-42(30-38-50)40-13-5-2-6-14-40/h1-38H. The summed E-state index contributed by atoms with van der Waals surface area (Å²) in [6.07, 6.45) is 0. The van der Waals surface area contributed by atoms with Crippen LogP contribution >= 0.6 is 0 Å². The Labute approximate surface area is 391 Å². The Hall–Kier alpha value is -9.26. The normalized spacial score (nSPS) is 11.5. The topological polar surface area (TPSA) is 77.8 Å². The van der Waals surface area contributed by atoms with E-state index >= 15 is 0 Å². The number of furan rings is 2. The zero-order valence-electron chi connectivity index (χ0n) is 36.5. The Morgan fingerprint density at radius 3 is 0.824 bits per heavy atom. The van der Waals surface area contributed by atoms with Crippen LogP contribution in [0.1, 0.15) is 0 Å². The molecule has 4 heterocycles. The maximum absolute atomic E-state index is 6.34. The van der Waals surface area contributed by atoms with Crippen molar-refractivity contribution in [3.63, 3.8) is 0 Å². The predicted molar refractivity (Wildman–Crippen MR) is 276 cm³/mol. The van der Waals surface area contributed by atoms with Gasteiger partial charge in [0, 0.05) is 33.0 Å². The Balaban J connectivity index is 0.795. The van der Waals surface area contributed by atoms with Crippen LogP contribution in [0.2, 0.25) is 0 Å². The van der Waals surface area contributed by atoms with E-state index in [1.807, 2.05) is 48.5 Å². The maximum Gasteiger partial charge on any atom is 0.231 e. The molecule has 4 aromatic heterocycles. The molecule has 0 aliphatic carbocycles. The van der Waals surface area contributed by atoms with Crippen molar-refractivity contribution in [1.82, 2.24) is 19.9 Å². The van der Waals surface area contributed by atoms with E-state index in [4.69, 9.17) is 28.8 Å². The van der Waals surface area contributed by atoms with E-state index in [0.717, 1.165) is 99.7 Å². The maximum atomic E-state index is 6.34. The molecular weight excluding hydrogens is 833 g/mol. The molecule has 0 aliphatic heterocycles. The average Bonchev–Trinajstić information content (AvgIpc) is 4.00. The predicted octanol–water partition coefficient (Wildman–Crippen LogP) is 16.4. The van der Waals surface area contributed by atoms with E-state index in [-0.39, 0.29) is 0 Å². The van der Waals surface area contributed by atoms with Crippen LogP contribution < -0.4 is 0 Å². The van der Waals surface area contributed by atoms with Crippen LogP contribution in [-0.2, 0) is 0 Å². The summed E-state index contributed by atoms with van der Waals surface area (Å²) in [5, 5.41) is 3.80. The highest BCUT2D eigenvalue weighted by atomic mass is 16.3. The number of benzene rings is 9. The lowest BCUT2D eigenvalue weighted by atomic mass is 9.97. The molecule has 318 valence electrons. The lowest BCUT2D eigenvalue weighted by molar-refractivity contribution is 0.653. The number of para-hydroxylation sites is 2. The molecule has 0 spiro atoms. The minimum atomic E-state index is 0.570. The minimum absolute atomic E-state index is 0.570. The molecule has 6 heteroatoms. The van der Waals surface area contributed by atoms with Crippen LogP contribution in [-0.4, -0.2) is 19.9 Å². The molecule has 0 saturated carbocycles. The van der Waals surface area contributed by atoms with Crippen LogP contribution in [0.3, 0.4) is 0 Å². The largest absolute Gasteiger partial charge is 0.438 e. The van der Waals surface area contributed by atoms with Gasteiger partial charge in [0.1, 0.15) is 11.2 Å². The van der Waals surface area contributed by atoms with E-state index in [0.29, 0.717) is 23.1 Å².